The van der Waals surface area contributed by atoms with Crippen LogP contribution in [0.15, 0.2) is 35.6 Å². The van der Waals surface area contributed by atoms with Crippen LogP contribution in [0.4, 0.5) is 0 Å². The summed E-state index contributed by atoms with van der Waals surface area (Å²) in [5, 5.41) is 9.16. The Hall–Kier alpha value is -1.02. The number of hydrogen-bond donors (Lipinski definition) is 1. The summed E-state index contributed by atoms with van der Waals surface area (Å²) in [5.74, 6) is 0.804. The predicted molar refractivity (Wildman–Crippen MR) is 44.0 cm³/mol. The fourth-order valence-electron chi connectivity index (χ4n) is 0.936. The number of aliphatic hydroxyl groups excluding tert-OH is 1. The number of allylic oxidation sites excluding steroid dienone is 3. The Kier molecular flexibility index (Phi) is 2.49. The summed E-state index contributed by atoms with van der Waals surface area (Å²) in [5.41, 5.74) is 1.03. The van der Waals surface area contributed by atoms with Gasteiger partial charge in [-0.1, -0.05) is 12.2 Å². The van der Waals surface area contributed by atoms with Crippen molar-refractivity contribution in [3.63, 3.8) is 0 Å². The molecule has 11 heavy (non-hydrogen) atoms. The summed E-state index contributed by atoms with van der Waals surface area (Å²) in [6.07, 6.45) is 6.55. The van der Waals surface area contributed by atoms with Gasteiger partial charge < -0.3 is 9.84 Å². The Morgan fingerprint density at radius 1 is 1.36 bits per heavy atom. The molecule has 1 aliphatic carbocycles. The first-order chi connectivity index (χ1) is 5.24. The van der Waals surface area contributed by atoms with Gasteiger partial charge in [0, 0.05) is 0 Å². The quantitative estimate of drug-likeness (QED) is 0.615. The standard InChI is InChI=1S/C9H12O2/c1-7-3-4-8(10)5-6-9(7)11-2/h3-6,8,10H,1-2H3. The van der Waals surface area contributed by atoms with E-state index in [0.717, 1.165) is 11.3 Å². The molecule has 0 aromatic rings. The molecule has 1 atom stereocenters. The highest BCUT2D eigenvalue weighted by atomic mass is 16.5. The molecule has 0 amide bonds. The molecule has 1 unspecified atom stereocenters. The Bertz CT molecular complexity index is 224. The fraction of sp³-hybridized carbons (Fsp3) is 0.333. The zero-order chi connectivity index (χ0) is 8.27. The van der Waals surface area contributed by atoms with Crippen molar-refractivity contribution >= 4 is 0 Å². The molecule has 0 heterocycles. The molecule has 0 spiro atoms. The summed E-state index contributed by atoms with van der Waals surface area (Å²) in [4.78, 5) is 0. The zero-order valence-electron chi connectivity index (χ0n) is 6.74. The van der Waals surface area contributed by atoms with E-state index in [0.29, 0.717) is 0 Å². The highest BCUT2D eigenvalue weighted by molar-refractivity contribution is 5.32. The smallest absolute Gasteiger partial charge is 0.121 e. The van der Waals surface area contributed by atoms with Gasteiger partial charge in [0.05, 0.1) is 13.2 Å². The van der Waals surface area contributed by atoms with Crippen molar-refractivity contribution in [3.8, 4) is 0 Å². The van der Waals surface area contributed by atoms with Crippen molar-refractivity contribution in [1.29, 1.82) is 0 Å². The summed E-state index contributed by atoms with van der Waals surface area (Å²) in [6, 6.07) is 0. The van der Waals surface area contributed by atoms with Gasteiger partial charge in [-0.05, 0) is 24.6 Å². The van der Waals surface area contributed by atoms with E-state index in [-0.39, 0.29) is 0 Å². The first-order valence-corrected chi connectivity index (χ1v) is 3.53. The molecule has 0 bridgehead atoms. The van der Waals surface area contributed by atoms with E-state index < -0.39 is 6.10 Å². The highest BCUT2D eigenvalue weighted by Crippen LogP contribution is 2.12. The van der Waals surface area contributed by atoms with Crippen LogP contribution in [0.1, 0.15) is 6.92 Å². The van der Waals surface area contributed by atoms with Crippen LogP contribution < -0.4 is 0 Å². The summed E-state index contributed by atoms with van der Waals surface area (Å²) in [7, 11) is 1.62. The molecule has 0 saturated heterocycles. The van der Waals surface area contributed by atoms with E-state index in [1.807, 2.05) is 13.0 Å². The van der Waals surface area contributed by atoms with Gasteiger partial charge >= 0.3 is 0 Å². The average Bonchev–Trinajstić information content (AvgIpc) is 2.15. The van der Waals surface area contributed by atoms with Crippen LogP contribution in [-0.4, -0.2) is 18.3 Å². The average molecular weight is 152 g/mol. The van der Waals surface area contributed by atoms with E-state index >= 15 is 0 Å². The zero-order valence-corrected chi connectivity index (χ0v) is 6.74. The number of hydrogen-bond acceptors (Lipinski definition) is 2. The van der Waals surface area contributed by atoms with Crippen molar-refractivity contribution in [3.05, 3.63) is 35.6 Å². The lowest BCUT2D eigenvalue weighted by molar-refractivity contribution is 0.270. The predicted octanol–water partition coefficient (Wildman–Crippen LogP) is 1.39. The van der Waals surface area contributed by atoms with E-state index in [1.54, 1.807) is 25.3 Å². The normalized spacial score (nSPS) is 23.7. The highest BCUT2D eigenvalue weighted by Gasteiger charge is 2.01. The Labute approximate surface area is 66.5 Å². The summed E-state index contributed by atoms with van der Waals surface area (Å²) in [6.45, 7) is 1.94. The molecular weight excluding hydrogens is 140 g/mol. The van der Waals surface area contributed by atoms with Gasteiger partial charge in [0.15, 0.2) is 0 Å². The molecule has 0 aliphatic heterocycles. The number of rotatable bonds is 1. The van der Waals surface area contributed by atoms with Crippen LogP contribution >= 0.6 is 0 Å². The minimum atomic E-state index is -0.488. The number of aliphatic hydroxyl groups is 1. The minimum absolute atomic E-state index is 0.488. The maximum Gasteiger partial charge on any atom is 0.121 e. The molecule has 1 rings (SSSR count). The second-order valence-electron chi connectivity index (χ2n) is 2.46. The first-order valence-electron chi connectivity index (χ1n) is 3.53. The fourth-order valence-corrected chi connectivity index (χ4v) is 0.936. The lowest BCUT2D eigenvalue weighted by Gasteiger charge is -2.00. The van der Waals surface area contributed by atoms with E-state index in [2.05, 4.69) is 0 Å². The van der Waals surface area contributed by atoms with E-state index in [9.17, 15) is 0 Å². The van der Waals surface area contributed by atoms with Gasteiger partial charge in [0.1, 0.15) is 5.76 Å². The third kappa shape index (κ3) is 1.95. The van der Waals surface area contributed by atoms with Gasteiger partial charge in [-0.15, -0.1) is 0 Å². The third-order valence-corrected chi connectivity index (χ3v) is 1.60. The molecule has 0 radical (unpaired) electrons. The van der Waals surface area contributed by atoms with Gasteiger partial charge in [-0.25, -0.2) is 0 Å². The molecule has 2 heteroatoms. The maximum atomic E-state index is 9.16. The summed E-state index contributed by atoms with van der Waals surface area (Å²) < 4.78 is 5.06. The topological polar surface area (TPSA) is 29.5 Å². The third-order valence-electron chi connectivity index (χ3n) is 1.60. The lowest BCUT2D eigenvalue weighted by atomic mass is 10.2. The van der Waals surface area contributed by atoms with Crippen LogP contribution in [0.5, 0.6) is 0 Å². The number of methoxy groups -OCH3 is 1. The van der Waals surface area contributed by atoms with Crippen molar-refractivity contribution in [2.75, 3.05) is 7.11 Å². The Morgan fingerprint density at radius 2 is 2.00 bits per heavy atom. The SMILES string of the molecule is COC1=C(C)C=CC(O)C=C1. The Balaban J connectivity index is 2.90. The molecule has 60 valence electrons. The largest absolute Gasteiger partial charge is 0.496 e. The lowest BCUT2D eigenvalue weighted by Crippen LogP contribution is -1.93. The first kappa shape index (κ1) is 8.08. The molecule has 2 nitrogen and oxygen atoms in total. The van der Waals surface area contributed by atoms with Crippen LogP contribution in [0, 0.1) is 0 Å². The van der Waals surface area contributed by atoms with Crippen LogP contribution in [0.3, 0.4) is 0 Å². The molecular formula is C9H12O2. The monoisotopic (exact) mass is 152 g/mol. The van der Waals surface area contributed by atoms with Crippen molar-refractivity contribution < 1.29 is 9.84 Å². The second kappa shape index (κ2) is 3.39. The van der Waals surface area contributed by atoms with Gasteiger partial charge in [-0.2, -0.15) is 0 Å². The maximum absolute atomic E-state index is 9.16. The molecule has 0 aromatic carbocycles. The van der Waals surface area contributed by atoms with Crippen molar-refractivity contribution in [1.82, 2.24) is 0 Å². The molecule has 1 aliphatic rings. The van der Waals surface area contributed by atoms with Crippen molar-refractivity contribution in [2.24, 2.45) is 0 Å². The molecule has 0 fully saturated rings. The van der Waals surface area contributed by atoms with Gasteiger partial charge in [0.2, 0.25) is 0 Å². The molecule has 0 saturated carbocycles. The van der Waals surface area contributed by atoms with E-state index in [4.69, 9.17) is 9.84 Å². The van der Waals surface area contributed by atoms with Gasteiger partial charge in [-0.3, -0.25) is 0 Å². The number of ether oxygens (including phenoxy) is 1. The van der Waals surface area contributed by atoms with Crippen molar-refractivity contribution in [2.45, 2.75) is 13.0 Å². The van der Waals surface area contributed by atoms with Crippen LogP contribution in [-0.2, 0) is 4.74 Å². The second-order valence-corrected chi connectivity index (χ2v) is 2.46. The molecule has 0 aromatic heterocycles. The van der Waals surface area contributed by atoms with Crippen LogP contribution in [0.25, 0.3) is 0 Å². The van der Waals surface area contributed by atoms with Gasteiger partial charge in [0.25, 0.3) is 0 Å². The Morgan fingerprint density at radius 3 is 2.64 bits per heavy atom. The van der Waals surface area contributed by atoms with E-state index in [1.165, 1.54) is 0 Å². The minimum Gasteiger partial charge on any atom is -0.496 e. The summed E-state index contributed by atoms with van der Waals surface area (Å²) >= 11 is 0. The van der Waals surface area contributed by atoms with Crippen LogP contribution in [0.2, 0.25) is 0 Å². The molecule has 1 N–H and O–H groups in total.